The predicted octanol–water partition coefficient (Wildman–Crippen LogP) is 4.76. The van der Waals surface area contributed by atoms with Crippen LogP contribution in [0.3, 0.4) is 0 Å². The third kappa shape index (κ3) is 5.02. The zero-order valence-electron chi connectivity index (χ0n) is 17.4. The first kappa shape index (κ1) is 20.8. The first-order valence-electron chi connectivity index (χ1n) is 10.5. The van der Waals surface area contributed by atoms with E-state index in [1.165, 1.54) is 6.07 Å². The number of urea groups is 1. The topological polar surface area (TPSA) is 80.5 Å². The van der Waals surface area contributed by atoms with Gasteiger partial charge in [-0.1, -0.05) is 29.4 Å². The molecule has 0 bridgehead atoms. The van der Waals surface area contributed by atoms with Gasteiger partial charge in [-0.05, 0) is 49.9 Å². The van der Waals surface area contributed by atoms with Crippen LogP contribution in [0.2, 0.25) is 0 Å². The minimum absolute atomic E-state index is 0.158. The minimum atomic E-state index is -0.386. The van der Waals surface area contributed by atoms with Crippen LogP contribution in [0.5, 0.6) is 5.75 Å². The molecule has 1 aromatic heterocycles. The van der Waals surface area contributed by atoms with Crippen molar-refractivity contribution in [3.8, 4) is 17.1 Å². The van der Waals surface area contributed by atoms with Crippen molar-refractivity contribution in [2.75, 3.05) is 25.0 Å². The van der Waals surface area contributed by atoms with E-state index in [4.69, 9.17) is 9.26 Å². The van der Waals surface area contributed by atoms with Gasteiger partial charge in [0.05, 0.1) is 17.9 Å². The Morgan fingerprint density at radius 3 is 2.90 bits per heavy atom. The summed E-state index contributed by atoms with van der Waals surface area (Å²) in [5, 5.41) is 6.87. The molecule has 0 radical (unpaired) electrons. The van der Waals surface area contributed by atoms with Crippen molar-refractivity contribution >= 4 is 11.7 Å². The molecule has 2 amide bonds. The van der Waals surface area contributed by atoms with E-state index in [1.54, 1.807) is 23.1 Å². The number of para-hydroxylation sites is 2. The molecule has 0 spiro atoms. The Morgan fingerprint density at radius 2 is 2.06 bits per heavy atom. The second-order valence-electron chi connectivity index (χ2n) is 7.51. The van der Waals surface area contributed by atoms with Gasteiger partial charge in [0.2, 0.25) is 11.7 Å². The number of benzene rings is 2. The highest BCUT2D eigenvalue weighted by atomic mass is 19.1. The monoisotopic (exact) mass is 424 g/mol. The van der Waals surface area contributed by atoms with Crippen LogP contribution < -0.4 is 10.1 Å². The highest BCUT2D eigenvalue weighted by molar-refractivity contribution is 5.91. The van der Waals surface area contributed by atoms with Crippen molar-refractivity contribution in [2.45, 2.75) is 26.2 Å². The molecule has 0 unspecified atom stereocenters. The van der Waals surface area contributed by atoms with Crippen LogP contribution in [-0.4, -0.2) is 40.8 Å². The number of hydrogen-bond donors (Lipinski definition) is 1. The van der Waals surface area contributed by atoms with Crippen molar-refractivity contribution in [3.05, 3.63) is 60.2 Å². The lowest BCUT2D eigenvalue weighted by molar-refractivity contribution is 0.173. The fourth-order valence-corrected chi connectivity index (χ4v) is 3.80. The average Bonchev–Trinajstić information content (AvgIpc) is 3.24. The Labute approximate surface area is 180 Å². The Balaban J connectivity index is 1.38. The van der Waals surface area contributed by atoms with Gasteiger partial charge in [-0.3, -0.25) is 0 Å². The summed E-state index contributed by atoms with van der Waals surface area (Å²) >= 11 is 0. The molecule has 162 valence electrons. The van der Waals surface area contributed by atoms with Gasteiger partial charge in [0, 0.05) is 19.5 Å². The van der Waals surface area contributed by atoms with Crippen molar-refractivity contribution in [3.63, 3.8) is 0 Å². The lowest BCUT2D eigenvalue weighted by Gasteiger charge is -2.32. The zero-order valence-corrected chi connectivity index (χ0v) is 17.4. The van der Waals surface area contributed by atoms with Crippen LogP contribution in [0.1, 0.15) is 25.7 Å². The Morgan fingerprint density at radius 1 is 1.26 bits per heavy atom. The smallest absolute Gasteiger partial charge is 0.321 e. The quantitative estimate of drug-likeness (QED) is 0.617. The van der Waals surface area contributed by atoms with Gasteiger partial charge in [-0.2, -0.15) is 4.98 Å². The number of piperidine rings is 1. The Bertz CT molecular complexity index is 1040. The molecule has 1 fully saturated rings. The third-order valence-electron chi connectivity index (χ3n) is 5.28. The second kappa shape index (κ2) is 9.59. The number of halogens is 1. The number of carbonyl (C=O) groups is 1. The van der Waals surface area contributed by atoms with Crippen molar-refractivity contribution < 1.29 is 18.4 Å². The molecule has 8 heteroatoms. The molecule has 3 aromatic rings. The van der Waals surface area contributed by atoms with E-state index in [1.807, 2.05) is 31.2 Å². The molecule has 2 aromatic carbocycles. The van der Waals surface area contributed by atoms with E-state index >= 15 is 0 Å². The van der Waals surface area contributed by atoms with Gasteiger partial charge in [0.1, 0.15) is 11.6 Å². The molecular formula is C23H25FN4O3. The van der Waals surface area contributed by atoms with E-state index in [9.17, 15) is 9.18 Å². The number of aromatic nitrogens is 2. The number of ether oxygens (including phenoxy) is 1. The number of anilines is 1. The maximum absolute atomic E-state index is 14.0. The molecule has 1 atom stereocenters. The minimum Gasteiger partial charge on any atom is -0.492 e. The summed E-state index contributed by atoms with van der Waals surface area (Å²) < 4.78 is 24.9. The number of carbonyl (C=O) groups excluding carboxylic acids is 1. The second-order valence-corrected chi connectivity index (χ2v) is 7.51. The number of nitrogens with zero attached hydrogens (tertiary/aromatic N) is 3. The summed E-state index contributed by atoms with van der Waals surface area (Å²) in [4.78, 5) is 19.0. The van der Waals surface area contributed by atoms with Crippen molar-refractivity contribution in [2.24, 2.45) is 5.92 Å². The van der Waals surface area contributed by atoms with Crippen LogP contribution >= 0.6 is 0 Å². The molecular weight excluding hydrogens is 399 g/mol. The Kier molecular flexibility index (Phi) is 6.45. The van der Waals surface area contributed by atoms with Crippen LogP contribution in [-0.2, 0) is 6.42 Å². The van der Waals surface area contributed by atoms with Gasteiger partial charge in [-0.25, -0.2) is 9.18 Å². The van der Waals surface area contributed by atoms with Gasteiger partial charge in [-0.15, -0.1) is 0 Å². The van der Waals surface area contributed by atoms with Crippen molar-refractivity contribution in [1.82, 2.24) is 15.0 Å². The van der Waals surface area contributed by atoms with Gasteiger partial charge >= 0.3 is 6.03 Å². The molecule has 1 saturated heterocycles. The standard InChI is InChI=1S/C23H25FN4O3/c1-2-30-20-12-6-5-11-19(20)25-23(29)28-13-7-8-16(15-28)14-21-26-22(27-31-21)17-9-3-4-10-18(17)24/h3-6,9-12,16H,2,7-8,13-15H2,1H3,(H,25,29)/t16-/m0/s1. The number of amides is 2. The van der Waals surface area contributed by atoms with Crippen LogP contribution in [0.15, 0.2) is 53.1 Å². The normalized spacial score (nSPS) is 16.2. The van der Waals surface area contributed by atoms with Gasteiger partial charge in [0.25, 0.3) is 0 Å². The summed E-state index contributed by atoms with van der Waals surface area (Å²) in [6.45, 7) is 3.70. The molecule has 1 aliphatic rings. The van der Waals surface area contributed by atoms with Crippen LogP contribution in [0.25, 0.3) is 11.4 Å². The zero-order chi connectivity index (χ0) is 21.6. The largest absolute Gasteiger partial charge is 0.492 e. The molecule has 1 aliphatic heterocycles. The molecule has 31 heavy (non-hydrogen) atoms. The maximum atomic E-state index is 14.0. The Hall–Kier alpha value is -3.42. The summed E-state index contributed by atoms with van der Waals surface area (Å²) in [7, 11) is 0. The van der Waals surface area contributed by atoms with E-state index in [0.29, 0.717) is 49.0 Å². The molecule has 0 aliphatic carbocycles. The number of likely N-dealkylation sites (tertiary alicyclic amines) is 1. The fraction of sp³-hybridized carbons (Fsp3) is 0.348. The highest BCUT2D eigenvalue weighted by Gasteiger charge is 2.26. The van der Waals surface area contributed by atoms with Crippen LogP contribution in [0, 0.1) is 11.7 Å². The first-order chi connectivity index (χ1) is 15.1. The molecule has 0 saturated carbocycles. The first-order valence-corrected chi connectivity index (χ1v) is 10.5. The maximum Gasteiger partial charge on any atom is 0.321 e. The van der Waals surface area contributed by atoms with E-state index < -0.39 is 0 Å². The number of nitrogens with one attached hydrogen (secondary N) is 1. The molecule has 7 nitrogen and oxygen atoms in total. The highest BCUT2D eigenvalue weighted by Crippen LogP contribution is 2.26. The van der Waals surface area contributed by atoms with Crippen molar-refractivity contribution in [1.29, 1.82) is 0 Å². The summed E-state index contributed by atoms with van der Waals surface area (Å²) in [6.07, 6.45) is 2.39. The van der Waals surface area contributed by atoms with Crippen LogP contribution in [0.4, 0.5) is 14.9 Å². The fourth-order valence-electron chi connectivity index (χ4n) is 3.80. The summed E-state index contributed by atoms with van der Waals surface area (Å²) in [6, 6.07) is 13.6. The summed E-state index contributed by atoms with van der Waals surface area (Å²) in [5.41, 5.74) is 0.970. The lowest BCUT2D eigenvalue weighted by Crippen LogP contribution is -2.42. The van der Waals surface area contributed by atoms with E-state index in [2.05, 4.69) is 15.5 Å². The molecule has 4 rings (SSSR count). The molecule has 1 N–H and O–H groups in total. The lowest BCUT2D eigenvalue weighted by atomic mass is 9.95. The number of rotatable bonds is 6. The average molecular weight is 424 g/mol. The summed E-state index contributed by atoms with van der Waals surface area (Å²) in [5.74, 6) is 1.15. The van der Waals surface area contributed by atoms with E-state index in [-0.39, 0.29) is 23.6 Å². The third-order valence-corrected chi connectivity index (χ3v) is 5.28. The number of hydrogen-bond acceptors (Lipinski definition) is 5. The van der Waals surface area contributed by atoms with Gasteiger partial charge < -0.3 is 19.5 Å². The molecule has 2 heterocycles. The predicted molar refractivity (Wildman–Crippen MR) is 114 cm³/mol. The van der Waals surface area contributed by atoms with Gasteiger partial charge in [0.15, 0.2) is 0 Å². The SMILES string of the molecule is CCOc1ccccc1NC(=O)N1CCC[C@@H](Cc2nc(-c3ccccc3F)no2)C1. The van der Waals surface area contributed by atoms with E-state index in [0.717, 1.165) is 12.8 Å².